The maximum Gasteiger partial charge on any atom is 0.223 e. The smallest absolute Gasteiger partial charge is 0.223 e. The Hall–Kier alpha value is -1.32. The Labute approximate surface area is 120 Å². The fourth-order valence-corrected chi connectivity index (χ4v) is 3.99. The van der Waals surface area contributed by atoms with E-state index >= 15 is 0 Å². The van der Waals surface area contributed by atoms with Crippen LogP contribution >= 0.6 is 0 Å². The van der Waals surface area contributed by atoms with Gasteiger partial charge in [0.15, 0.2) is 0 Å². The molecule has 0 bridgehead atoms. The van der Waals surface area contributed by atoms with Crippen LogP contribution in [0.15, 0.2) is 0 Å². The number of hydrogen-bond donors (Lipinski definition) is 1. The summed E-state index contributed by atoms with van der Waals surface area (Å²) in [7, 11) is 0. The van der Waals surface area contributed by atoms with Gasteiger partial charge in [-0.15, -0.1) is 0 Å². The largest absolute Gasteiger partial charge is 0.336 e. The first-order valence-corrected chi connectivity index (χ1v) is 7.97. The molecule has 3 rings (SSSR count). The minimum atomic E-state index is 0.252. The zero-order chi connectivity index (χ0) is 14.1. The molecule has 1 unspecified atom stereocenters. The SMILES string of the molecule is Cc1n[nH]c(C)c1C1CCCN1C(=O)CC1CCCC1. The zero-order valence-corrected chi connectivity index (χ0v) is 12.6. The molecule has 1 aromatic rings. The fraction of sp³-hybridized carbons (Fsp3) is 0.750. The molecule has 1 aromatic heterocycles. The molecule has 2 heterocycles. The van der Waals surface area contributed by atoms with Crippen LogP contribution < -0.4 is 0 Å². The van der Waals surface area contributed by atoms with Gasteiger partial charge in [-0.3, -0.25) is 9.89 Å². The molecule has 1 atom stereocenters. The van der Waals surface area contributed by atoms with Gasteiger partial charge < -0.3 is 4.90 Å². The van der Waals surface area contributed by atoms with Crippen molar-refractivity contribution in [1.29, 1.82) is 0 Å². The molecule has 0 radical (unpaired) electrons. The number of H-pyrrole nitrogens is 1. The Bertz CT molecular complexity index is 468. The van der Waals surface area contributed by atoms with Crippen molar-refractivity contribution in [2.45, 2.75) is 64.8 Å². The molecule has 1 saturated carbocycles. The molecule has 20 heavy (non-hydrogen) atoms. The van der Waals surface area contributed by atoms with Crippen LogP contribution in [0.2, 0.25) is 0 Å². The monoisotopic (exact) mass is 275 g/mol. The number of likely N-dealkylation sites (tertiary alicyclic amines) is 1. The van der Waals surface area contributed by atoms with Gasteiger partial charge in [-0.2, -0.15) is 5.10 Å². The maximum atomic E-state index is 12.6. The van der Waals surface area contributed by atoms with Crippen molar-refractivity contribution in [2.75, 3.05) is 6.54 Å². The second-order valence-corrected chi connectivity index (χ2v) is 6.45. The van der Waals surface area contributed by atoms with Gasteiger partial charge in [-0.25, -0.2) is 0 Å². The lowest BCUT2D eigenvalue weighted by atomic mass is 10.00. The lowest BCUT2D eigenvalue weighted by molar-refractivity contribution is -0.133. The molecule has 1 aliphatic carbocycles. The first kappa shape index (κ1) is 13.7. The second kappa shape index (κ2) is 5.58. The number of nitrogens with zero attached hydrogens (tertiary/aromatic N) is 2. The summed E-state index contributed by atoms with van der Waals surface area (Å²) >= 11 is 0. The van der Waals surface area contributed by atoms with E-state index in [-0.39, 0.29) is 6.04 Å². The van der Waals surface area contributed by atoms with E-state index in [9.17, 15) is 4.79 Å². The Morgan fingerprint density at radius 3 is 2.65 bits per heavy atom. The molecule has 0 aromatic carbocycles. The van der Waals surface area contributed by atoms with Crippen LogP contribution in [0.25, 0.3) is 0 Å². The van der Waals surface area contributed by atoms with Gasteiger partial charge in [-0.05, 0) is 45.4 Å². The number of amides is 1. The van der Waals surface area contributed by atoms with Crippen LogP contribution in [-0.2, 0) is 4.79 Å². The molecule has 4 nitrogen and oxygen atoms in total. The summed E-state index contributed by atoms with van der Waals surface area (Å²) in [5.41, 5.74) is 3.42. The maximum absolute atomic E-state index is 12.6. The number of carbonyl (C=O) groups is 1. The van der Waals surface area contributed by atoms with E-state index < -0.39 is 0 Å². The molecule has 1 aliphatic heterocycles. The summed E-state index contributed by atoms with van der Waals surface area (Å²) in [6.07, 6.45) is 8.06. The van der Waals surface area contributed by atoms with E-state index in [4.69, 9.17) is 0 Å². The number of aromatic amines is 1. The molecule has 2 fully saturated rings. The number of aryl methyl sites for hydroxylation is 2. The summed E-state index contributed by atoms with van der Waals surface area (Å²) in [4.78, 5) is 14.7. The van der Waals surface area contributed by atoms with E-state index in [1.165, 1.54) is 31.2 Å². The summed E-state index contributed by atoms with van der Waals surface area (Å²) in [6, 6.07) is 0.252. The first-order valence-electron chi connectivity index (χ1n) is 7.97. The molecule has 4 heteroatoms. The number of aromatic nitrogens is 2. The standard InChI is InChI=1S/C16H25N3O/c1-11-16(12(2)18-17-11)14-8-5-9-19(14)15(20)10-13-6-3-4-7-13/h13-14H,3-10H2,1-2H3,(H,17,18). The highest BCUT2D eigenvalue weighted by Gasteiger charge is 2.33. The topological polar surface area (TPSA) is 49.0 Å². The van der Waals surface area contributed by atoms with Crippen molar-refractivity contribution in [3.8, 4) is 0 Å². The average Bonchev–Trinajstić information content (AvgIpc) is 3.11. The van der Waals surface area contributed by atoms with E-state index in [2.05, 4.69) is 22.0 Å². The van der Waals surface area contributed by atoms with Crippen molar-refractivity contribution in [3.05, 3.63) is 17.0 Å². The predicted octanol–water partition coefficient (Wildman–Crippen LogP) is 3.27. The molecule has 1 N–H and O–H groups in total. The second-order valence-electron chi connectivity index (χ2n) is 6.45. The third-order valence-corrected chi connectivity index (χ3v) is 5.03. The quantitative estimate of drug-likeness (QED) is 0.920. The van der Waals surface area contributed by atoms with Gasteiger partial charge in [0.05, 0.1) is 11.7 Å². The molecule has 1 amide bonds. The Kier molecular flexibility index (Phi) is 3.81. The van der Waals surface area contributed by atoms with Gasteiger partial charge in [0.2, 0.25) is 5.91 Å². The van der Waals surface area contributed by atoms with Crippen LogP contribution in [0.3, 0.4) is 0 Å². The molecule has 0 spiro atoms. The van der Waals surface area contributed by atoms with Crippen molar-refractivity contribution in [3.63, 3.8) is 0 Å². The highest BCUT2D eigenvalue weighted by atomic mass is 16.2. The van der Waals surface area contributed by atoms with Gasteiger partial charge >= 0.3 is 0 Å². The lowest BCUT2D eigenvalue weighted by Gasteiger charge is -2.26. The number of nitrogens with one attached hydrogen (secondary N) is 1. The molecular formula is C16H25N3O. The third-order valence-electron chi connectivity index (χ3n) is 5.03. The Morgan fingerprint density at radius 2 is 2.00 bits per heavy atom. The number of rotatable bonds is 3. The average molecular weight is 275 g/mol. The normalized spacial score (nSPS) is 23.7. The van der Waals surface area contributed by atoms with Gasteiger partial charge in [0.25, 0.3) is 0 Å². The molecule has 1 saturated heterocycles. The van der Waals surface area contributed by atoms with Crippen molar-refractivity contribution < 1.29 is 4.79 Å². The third kappa shape index (κ3) is 2.48. The molecule has 2 aliphatic rings. The van der Waals surface area contributed by atoms with Gasteiger partial charge in [0, 0.05) is 24.2 Å². The minimum Gasteiger partial charge on any atom is -0.336 e. The summed E-state index contributed by atoms with van der Waals surface area (Å²) < 4.78 is 0. The predicted molar refractivity (Wildman–Crippen MR) is 78.3 cm³/mol. The van der Waals surface area contributed by atoms with Gasteiger partial charge in [-0.1, -0.05) is 12.8 Å². The van der Waals surface area contributed by atoms with Crippen LogP contribution in [0.1, 0.15) is 67.9 Å². The highest BCUT2D eigenvalue weighted by molar-refractivity contribution is 5.77. The van der Waals surface area contributed by atoms with Gasteiger partial charge in [0.1, 0.15) is 0 Å². The van der Waals surface area contributed by atoms with E-state index in [1.54, 1.807) is 0 Å². The van der Waals surface area contributed by atoms with E-state index in [0.29, 0.717) is 11.8 Å². The minimum absolute atomic E-state index is 0.252. The van der Waals surface area contributed by atoms with Crippen molar-refractivity contribution in [1.82, 2.24) is 15.1 Å². The van der Waals surface area contributed by atoms with Crippen LogP contribution in [-0.4, -0.2) is 27.5 Å². The molecular weight excluding hydrogens is 250 g/mol. The van der Waals surface area contributed by atoms with E-state index in [0.717, 1.165) is 37.2 Å². The number of carbonyl (C=O) groups excluding carboxylic acids is 1. The zero-order valence-electron chi connectivity index (χ0n) is 12.6. The summed E-state index contributed by atoms with van der Waals surface area (Å²) in [5.74, 6) is 0.995. The summed E-state index contributed by atoms with van der Waals surface area (Å²) in [5, 5.41) is 7.35. The lowest BCUT2D eigenvalue weighted by Crippen LogP contribution is -2.32. The Balaban J connectivity index is 1.73. The number of hydrogen-bond acceptors (Lipinski definition) is 2. The fourth-order valence-electron chi connectivity index (χ4n) is 3.99. The summed E-state index contributed by atoms with van der Waals surface area (Å²) in [6.45, 7) is 5.02. The Morgan fingerprint density at radius 1 is 1.25 bits per heavy atom. The van der Waals surface area contributed by atoms with E-state index in [1.807, 2.05) is 6.92 Å². The van der Waals surface area contributed by atoms with Crippen LogP contribution in [0.5, 0.6) is 0 Å². The van der Waals surface area contributed by atoms with Crippen LogP contribution in [0, 0.1) is 19.8 Å². The van der Waals surface area contributed by atoms with Crippen molar-refractivity contribution in [2.24, 2.45) is 5.92 Å². The first-order chi connectivity index (χ1) is 9.66. The highest BCUT2D eigenvalue weighted by Crippen LogP contribution is 2.36. The van der Waals surface area contributed by atoms with Crippen molar-refractivity contribution >= 4 is 5.91 Å². The molecule has 110 valence electrons. The van der Waals surface area contributed by atoms with Crippen LogP contribution in [0.4, 0.5) is 0 Å².